The lowest BCUT2D eigenvalue weighted by Gasteiger charge is -2.12. The van der Waals surface area contributed by atoms with Gasteiger partial charge in [-0.1, -0.05) is 25.1 Å². The van der Waals surface area contributed by atoms with E-state index in [1.54, 1.807) is 6.92 Å². The number of carbonyl (C=O) groups is 1. The molecule has 0 radical (unpaired) electrons. The first kappa shape index (κ1) is 16.5. The van der Waals surface area contributed by atoms with Crippen molar-refractivity contribution in [2.75, 3.05) is 0 Å². The molecule has 0 N–H and O–H groups in total. The third-order valence-corrected chi connectivity index (χ3v) is 3.49. The molecule has 0 bridgehead atoms. The SMILES string of the molecule is CCC(=O)CCc1ccccc1OS(=O)(=O)C(F)(F)F. The van der Waals surface area contributed by atoms with E-state index in [9.17, 15) is 26.4 Å². The van der Waals surface area contributed by atoms with Crippen LogP contribution in [0.1, 0.15) is 25.3 Å². The van der Waals surface area contributed by atoms with Crippen LogP contribution in [0.2, 0.25) is 0 Å². The summed E-state index contributed by atoms with van der Waals surface area (Å²) in [6.45, 7) is 1.67. The summed E-state index contributed by atoms with van der Waals surface area (Å²) in [5.74, 6) is -0.479. The predicted octanol–water partition coefficient (Wildman–Crippen LogP) is 2.83. The fraction of sp³-hybridized carbons (Fsp3) is 0.417. The van der Waals surface area contributed by atoms with Gasteiger partial charge in [0.15, 0.2) is 0 Å². The number of rotatable bonds is 6. The zero-order valence-electron chi connectivity index (χ0n) is 10.6. The number of carbonyl (C=O) groups excluding carboxylic acids is 1. The van der Waals surface area contributed by atoms with Crippen molar-refractivity contribution in [1.82, 2.24) is 0 Å². The van der Waals surface area contributed by atoms with E-state index in [4.69, 9.17) is 0 Å². The molecule has 0 saturated carbocycles. The van der Waals surface area contributed by atoms with Crippen molar-refractivity contribution in [2.45, 2.75) is 31.7 Å². The van der Waals surface area contributed by atoms with E-state index in [0.717, 1.165) is 6.07 Å². The molecule has 0 aliphatic rings. The van der Waals surface area contributed by atoms with E-state index in [1.165, 1.54) is 18.2 Å². The molecular formula is C12H13F3O4S. The van der Waals surface area contributed by atoms with Crippen LogP contribution < -0.4 is 4.18 Å². The van der Waals surface area contributed by atoms with Gasteiger partial charge in [0, 0.05) is 12.8 Å². The molecule has 0 spiro atoms. The minimum atomic E-state index is -5.70. The molecular weight excluding hydrogens is 297 g/mol. The minimum Gasteiger partial charge on any atom is -0.376 e. The first-order valence-electron chi connectivity index (χ1n) is 5.77. The molecule has 0 amide bonds. The van der Waals surface area contributed by atoms with Crippen LogP contribution in [-0.2, 0) is 21.3 Å². The Bertz CT molecular complexity index is 579. The van der Waals surface area contributed by atoms with Gasteiger partial charge >= 0.3 is 15.6 Å². The Hall–Kier alpha value is -1.57. The van der Waals surface area contributed by atoms with E-state index in [-0.39, 0.29) is 24.2 Å². The summed E-state index contributed by atoms with van der Waals surface area (Å²) in [6.07, 6.45) is 0.545. The molecule has 0 saturated heterocycles. The van der Waals surface area contributed by atoms with Crippen LogP contribution in [0.5, 0.6) is 5.75 Å². The monoisotopic (exact) mass is 310 g/mol. The number of benzene rings is 1. The molecule has 1 aromatic rings. The Morgan fingerprint density at radius 2 is 1.85 bits per heavy atom. The normalized spacial score (nSPS) is 12.2. The summed E-state index contributed by atoms with van der Waals surface area (Å²) in [5.41, 5.74) is -5.25. The smallest absolute Gasteiger partial charge is 0.376 e. The first-order valence-corrected chi connectivity index (χ1v) is 7.18. The van der Waals surface area contributed by atoms with Gasteiger partial charge in [-0.25, -0.2) is 0 Å². The molecule has 0 aliphatic heterocycles. The fourth-order valence-corrected chi connectivity index (χ4v) is 1.90. The van der Waals surface area contributed by atoms with Crippen LogP contribution in [0.3, 0.4) is 0 Å². The lowest BCUT2D eigenvalue weighted by molar-refractivity contribution is -0.118. The highest BCUT2D eigenvalue weighted by molar-refractivity contribution is 7.88. The topological polar surface area (TPSA) is 60.4 Å². The van der Waals surface area contributed by atoms with Gasteiger partial charge in [0.2, 0.25) is 0 Å². The largest absolute Gasteiger partial charge is 0.534 e. The number of hydrogen-bond acceptors (Lipinski definition) is 4. The van der Waals surface area contributed by atoms with Gasteiger partial charge in [-0.15, -0.1) is 0 Å². The summed E-state index contributed by atoms with van der Waals surface area (Å²) < 4.78 is 62.8. The first-order chi connectivity index (χ1) is 9.17. The van der Waals surface area contributed by atoms with E-state index in [2.05, 4.69) is 4.18 Å². The quantitative estimate of drug-likeness (QED) is 0.599. The van der Waals surface area contributed by atoms with Gasteiger partial charge in [-0.2, -0.15) is 21.6 Å². The van der Waals surface area contributed by atoms with Crippen molar-refractivity contribution in [1.29, 1.82) is 0 Å². The lowest BCUT2D eigenvalue weighted by Crippen LogP contribution is -2.28. The Kier molecular flexibility index (Phi) is 5.15. The number of halogens is 3. The van der Waals surface area contributed by atoms with Gasteiger partial charge in [0.1, 0.15) is 11.5 Å². The predicted molar refractivity (Wildman–Crippen MR) is 65.7 cm³/mol. The standard InChI is InChI=1S/C12H13F3O4S/c1-2-10(16)8-7-9-5-3-4-6-11(9)19-20(17,18)12(13,14)15/h3-6H,2,7-8H2,1H3. The number of aryl methyl sites for hydroxylation is 1. The molecule has 0 fully saturated rings. The number of Topliss-reactive ketones (excluding diaryl/α,β-unsaturated/α-hetero) is 1. The summed E-state index contributed by atoms with van der Waals surface area (Å²) in [5, 5.41) is 0. The second-order valence-electron chi connectivity index (χ2n) is 3.98. The van der Waals surface area contributed by atoms with Crippen LogP contribution in [-0.4, -0.2) is 19.7 Å². The van der Waals surface area contributed by atoms with Crippen LogP contribution in [0, 0.1) is 0 Å². The zero-order valence-corrected chi connectivity index (χ0v) is 11.4. The summed E-state index contributed by atoms with van der Waals surface area (Å²) in [4.78, 5) is 11.2. The third-order valence-electron chi connectivity index (χ3n) is 2.52. The number of hydrogen-bond donors (Lipinski definition) is 0. The number of para-hydroxylation sites is 1. The highest BCUT2D eigenvalue weighted by Gasteiger charge is 2.48. The number of ketones is 1. The summed E-state index contributed by atoms with van der Waals surface area (Å²) in [7, 11) is -5.70. The van der Waals surface area contributed by atoms with Gasteiger partial charge in [0.25, 0.3) is 0 Å². The average molecular weight is 310 g/mol. The molecule has 20 heavy (non-hydrogen) atoms. The minimum absolute atomic E-state index is 0.0709. The Morgan fingerprint density at radius 3 is 2.40 bits per heavy atom. The van der Waals surface area contributed by atoms with Crippen molar-refractivity contribution in [2.24, 2.45) is 0 Å². The Morgan fingerprint density at radius 1 is 1.25 bits per heavy atom. The summed E-state index contributed by atoms with van der Waals surface area (Å²) in [6, 6.07) is 5.42. The molecule has 0 heterocycles. The Labute approximate surface area is 114 Å². The molecule has 0 aliphatic carbocycles. The second-order valence-corrected chi connectivity index (χ2v) is 5.52. The van der Waals surface area contributed by atoms with E-state index in [0.29, 0.717) is 6.42 Å². The molecule has 4 nitrogen and oxygen atoms in total. The fourth-order valence-electron chi connectivity index (χ4n) is 1.41. The van der Waals surface area contributed by atoms with Crippen molar-refractivity contribution < 1.29 is 30.6 Å². The van der Waals surface area contributed by atoms with Crippen molar-refractivity contribution in [3.05, 3.63) is 29.8 Å². The van der Waals surface area contributed by atoms with Gasteiger partial charge in [-0.05, 0) is 18.1 Å². The highest BCUT2D eigenvalue weighted by Crippen LogP contribution is 2.29. The molecule has 112 valence electrons. The highest BCUT2D eigenvalue weighted by atomic mass is 32.2. The van der Waals surface area contributed by atoms with Crippen molar-refractivity contribution in [3.8, 4) is 5.75 Å². The number of alkyl halides is 3. The molecule has 0 unspecified atom stereocenters. The van der Waals surface area contributed by atoms with Gasteiger partial charge in [-0.3, -0.25) is 4.79 Å². The van der Waals surface area contributed by atoms with Crippen LogP contribution in [0.15, 0.2) is 24.3 Å². The third kappa shape index (κ3) is 4.22. The van der Waals surface area contributed by atoms with E-state index in [1.807, 2.05) is 0 Å². The van der Waals surface area contributed by atoms with Gasteiger partial charge in [0.05, 0.1) is 0 Å². The molecule has 1 rings (SSSR count). The van der Waals surface area contributed by atoms with Crippen LogP contribution in [0.25, 0.3) is 0 Å². The lowest BCUT2D eigenvalue weighted by atomic mass is 10.1. The zero-order chi connectivity index (χ0) is 15.4. The maximum absolute atomic E-state index is 12.3. The van der Waals surface area contributed by atoms with Crippen LogP contribution >= 0.6 is 0 Å². The van der Waals surface area contributed by atoms with E-state index >= 15 is 0 Å². The maximum Gasteiger partial charge on any atom is 0.534 e. The van der Waals surface area contributed by atoms with Crippen molar-refractivity contribution in [3.63, 3.8) is 0 Å². The van der Waals surface area contributed by atoms with Crippen molar-refractivity contribution >= 4 is 15.9 Å². The average Bonchev–Trinajstić information content (AvgIpc) is 2.35. The Balaban J connectivity index is 2.94. The second kappa shape index (κ2) is 6.25. The van der Waals surface area contributed by atoms with Crippen LogP contribution in [0.4, 0.5) is 13.2 Å². The molecule has 0 atom stereocenters. The molecule has 0 aromatic heterocycles. The summed E-state index contributed by atoms with van der Waals surface area (Å²) >= 11 is 0. The van der Waals surface area contributed by atoms with E-state index < -0.39 is 21.4 Å². The molecule has 8 heteroatoms. The molecule has 1 aromatic carbocycles. The van der Waals surface area contributed by atoms with Gasteiger partial charge < -0.3 is 4.18 Å². The maximum atomic E-state index is 12.3.